The minimum Gasteiger partial charge on any atom is -0.507 e. The average Bonchev–Trinajstić information content (AvgIpc) is 2.75. The van der Waals surface area contributed by atoms with Crippen LogP contribution in [0.2, 0.25) is 0 Å². The van der Waals surface area contributed by atoms with E-state index in [0.29, 0.717) is 5.56 Å². The maximum atomic E-state index is 10.5. The minimum absolute atomic E-state index is 0.255. The van der Waals surface area contributed by atoms with Gasteiger partial charge in [-0.3, -0.25) is 0 Å². The van der Waals surface area contributed by atoms with E-state index in [4.69, 9.17) is 0 Å². The number of aryl methyl sites for hydroxylation is 1. The molecule has 0 bridgehead atoms. The van der Waals surface area contributed by atoms with Crippen LogP contribution in [-0.2, 0) is 6.42 Å². The molecule has 2 N–H and O–H groups in total. The van der Waals surface area contributed by atoms with E-state index in [9.17, 15) is 10.2 Å². The molecule has 2 unspecified atom stereocenters. The molecule has 2 aromatic carbocycles. The molecule has 2 rings (SSSR count). The fourth-order valence-electron chi connectivity index (χ4n) is 4.92. The van der Waals surface area contributed by atoms with E-state index in [1.807, 2.05) is 25.1 Å². The molecule has 0 fully saturated rings. The van der Waals surface area contributed by atoms with E-state index in [2.05, 4.69) is 40.7 Å². The Balaban J connectivity index is 1.74. The number of allylic oxidation sites excluding steroid dienone is 2. The minimum atomic E-state index is 0.255. The molecule has 0 aliphatic heterocycles. The molecule has 0 saturated carbocycles. The first-order valence-electron chi connectivity index (χ1n) is 13.3. The molecule has 0 heterocycles. The van der Waals surface area contributed by atoms with Crippen molar-refractivity contribution < 1.29 is 10.2 Å². The number of benzene rings is 2. The second-order valence-electron chi connectivity index (χ2n) is 11.0. The maximum Gasteiger partial charge on any atom is 0.126 e. The third-order valence-corrected chi connectivity index (χ3v) is 7.20. The van der Waals surface area contributed by atoms with Crippen molar-refractivity contribution in [2.75, 3.05) is 0 Å². The van der Waals surface area contributed by atoms with Crippen LogP contribution < -0.4 is 0 Å². The fourth-order valence-corrected chi connectivity index (χ4v) is 4.92. The third-order valence-electron chi connectivity index (χ3n) is 7.20. The van der Waals surface area contributed by atoms with Crippen molar-refractivity contribution >= 4 is 10.8 Å². The van der Waals surface area contributed by atoms with E-state index in [1.54, 1.807) is 6.07 Å². The molecule has 0 aromatic heterocycles. The molecule has 0 radical (unpaired) electrons. The van der Waals surface area contributed by atoms with Gasteiger partial charge in [0.2, 0.25) is 0 Å². The molecular weight excluding hydrogens is 404 g/mol. The summed E-state index contributed by atoms with van der Waals surface area (Å²) in [6, 6.07) is 7.55. The Kier molecular flexibility index (Phi) is 11.3. The molecule has 2 aromatic rings. The molecule has 33 heavy (non-hydrogen) atoms. The summed E-state index contributed by atoms with van der Waals surface area (Å²) in [7, 11) is 0. The van der Waals surface area contributed by atoms with Gasteiger partial charge in [0.25, 0.3) is 0 Å². The Bertz CT molecular complexity index is 893. The molecule has 2 atom stereocenters. The molecule has 2 nitrogen and oxygen atoms in total. The normalized spacial score (nSPS) is 14.2. The van der Waals surface area contributed by atoms with E-state index < -0.39 is 0 Å². The van der Waals surface area contributed by atoms with E-state index in [1.165, 1.54) is 56.9 Å². The smallest absolute Gasteiger partial charge is 0.126 e. The van der Waals surface area contributed by atoms with Gasteiger partial charge in [-0.05, 0) is 68.1 Å². The van der Waals surface area contributed by atoms with Crippen LogP contribution in [0.3, 0.4) is 0 Å². The van der Waals surface area contributed by atoms with Crippen LogP contribution >= 0.6 is 0 Å². The van der Waals surface area contributed by atoms with Crippen LogP contribution in [0.4, 0.5) is 0 Å². The number of hydrogen-bond acceptors (Lipinski definition) is 2. The first-order valence-corrected chi connectivity index (χ1v) is 13.3. The van der Waals surface area contributed by atoms with Gasteiger partial charge in [0.1, 0.15) is 11.5 Å². The summed E-state index contributed by atoms with van der Waals surface area (Å²) in [5.74, 6) is 3.04. The van der Waals surface area contributed by atoms with Crippen molar-refractivity contribution in [2.45, 2.75) is 106 Å². The van der Waals surface area contributed by atoms with Crippen molar-refractivity contribution in [3.05, 3.63) is 47.0 Å². The fraction of sp³-hybridized carbons (Fsp3) is 0.613. The van der Waals surface area contributed by atoms with Gasteiger partial charge < -0.3 is 10.2 Å². The largest absolute Gasteiger partial charge is 0.507 e. The Morgan fingerprint density at radius 2 is 1.48 bits per heavy atom. The lowest BCUT2D eigenvalue weighted by Gasteiger charge is -2.15. The molecule has 184 valence electrons. The highest BCUT2D eigenvalue weighted by molar-refractivity contribution is 5.96. The number of aromatic hydroxyl groups is 2. The standard InChI is InChI=1S/C31H48O2/c1-22(2)11-7-12-23(3)13-8-14-24(4)15-9-16-25(5)19-20-27-17-10-18-28-30(27)29(32)21-26(6)31(28)33/h10,17-19,21-24,32-33H,7-9,11-16,20H2,1-6H3. The first-order chi connectivity index (χ1) is 15.7. The monoisotopic (exact) mass is 452 g/mol. The van der Waals surface area contributed by atoms with Crippen LogP contribution in [0.1, 0.15) is 104 Å². The van der Waals surface area contributed by atoms with Gasteiger partial charge in [-0.2, -0.15) is 0 Å². The Hall–Kier alpha value is -1.96. The summed E-state index contributed by atoms with van der Waals surface area (Å²) in [5, 5.41) is 22.3. The number of fused-ring (bicyclic) bond motifs is 1. The lowest BCUT2D eigenvalue weighted by atomic mass is 9.91. The van der Waals surface area contributed by atoms with E-state index in [-0.39, 0.29) is 11.5 Å². The van der Waals surface area contributed by atoms with Crippen molar-refractivity contribution in [3.8, 4) is 11.5 Å². The van der Waals surface area contributed by atoms with Crippen molar-refractivity contribution in [2.24, 2.45) is 17.8 Å². The zero-order chi connectivity index (χ0) is 24.4. The zero-order valence-electron chi connectivity index (χ0n) is 22.1. The van der Waals surface area contributed by atoms with Crippen molar-refractivity contribution in [1.29, 1.82) is 0 Å². The summed E-state index contributed by atoms with van der Waals surface area (Å²) in [4.78, 5) is 0. The average molecular weight is 453 g/mol. The number of phenols is 2. The van der Waals surface area contributed by atoms with Crippen LogP contribution in [0.25, 0.3) is 10.8 Å². The molecule has 0 aliphatic rings. The third kappa shape index (κ3) is 9.07. The second kappa shape index (κ2) is 13.7. The summed E-state index contributed by atoms with van der Waals surface area (Å²) in [6.45, 7) is 13.5. The molecular formula is C31H48O2. The van der Waals surface area contributed by atoms with Gasteiger partial charge in [0, 0.05) is 10.8 Å². The van der Waals surface area contributed by atoms with Crippen LogP contribution in [0.5, 0.6) is 11.5 Å². The summed E-state index contributed by atoms with van der Waals surface area (Å²) >= 11 is 0. The van der Waals surface area contributed by atoms with Crippen molar-refractivity contribution in [1.82, 2.24) is 0 Å². The first kappa shape index (κ1) is 27.3. The molecule has 2 heteroatoms. The predicted octanol–water partition coefficient (Wildman–Crippen LogP) is 9.49. The molecule has 0 saturated heterocycles. The van der Waals surface area contributed by atoms with Crippen LogP contribution in [-0.4, -0.2) is 10.2 Å². The predicted molar refractivity (Wildman–Crippen MR) is 144 cm³/mol. The van der Waals surface area contributed by atoms with Crippen molar-refractivity contribution in [3.63, 3.8) is 0 Å². The lowest BCUT2D eigenvalue weighted by molar-refractivity contribution is 0.389. The topological polar surface area (TPSA) is 40.5 Å². The lowest BCUT2D eigenvalue weighted by Crippen LogP contribution is -2.00. The molecule has 0 amide bonds. The highest BCUT2D eigenvalue weighted by atomic mass is 16.3. The Labute approximate surface area is 203 Å². The van der Waals surface area contributed by atoms with Gasteiger partial charge in [0.15, 0.2) is 0 Å². The van der Waals surface area contributed by atoms with E-state index >= 15 is 0 Å². The van der Waals surface area contributed by atoms with Gasteiger partial charge in [-0.1, -0.05) is 102 Å². The number of rotatable bonds is 14. The maximum absolute atomic E-state index is 10.5. The molecule has 0 spiro atoms. The number of phenolic OH excluding ortho intramolecular Hbond substituents is 2. The summed E-state index contributed by atoms with van der Waals surface area (Å²) in [5.41, 5.74) is 3.18. The van der Waals surface area contributed by atoms with E-state index in [0.717, 1.165) is 46.9 Å². The highest BCUT2D eigenvalue weighted by Gasteiger charge is 2.11. The Morgan fingerprint density at radius 3 is 2.12 bits per heavy atom. The van der Waals surface area contributed by atoms with Gasteiger partial charge in [-0.25, -0.2) is 0 Å². The quantitative estimate of drug-likeness (QED) is 0.221. The Morgan fingerprint density at radius 1 is 0.879 bits per heavy atom. The highest BCUT2D eigenvalue weighted by Crippen LogP contribution is 2.37. The van der Waals surface area contributed by atoms with Gasteiger partial charge in [0.05, 0.1) is 0 Å². The molecule has 0 aliphatic carbocycles. The van der Waals surface area contributed by atoms with Crippen LogP contribution in [0, 0.1) is 24.7 Å². The SMILES string of the molecule is CC(=CCc1cccc2c(O)c(C)cc(O)c12)CCCC(C)CCCC(C)CCCC(C)C. The van der Waals surface area contributed by atoms with Gasteiger partial charge >= 0.3 is 0 Å². The number of hydrogen-bond donors (Lipinski definition) is 2. The summed E-state index contributed by atoms with van der Waals surface area (Å²) < 4.78 is 0. The zero-order valence-corrected chi connectivity index (χ0v) is 22.1. The van der Waals surface area contributed by atoms with Gasteiger partial charge in [-0.15, -0.1) is 0 Å². The van der Waals surface area contributed by atoms with Crippen LogP contribution in [0.15, 0.2) is 35.9 Å². The second-order valence-corrected chi connectivity index (χ2v) is 11.0. The summed E-state index contributed by atoms with van der Waals surface area (Å²) in [6.07, 6.45) is 15.0.